The molecule has 1 aromatic carbocycles. The minimum absolute atomic E-state index is 0.233. The van der Waals surface area contributed by atoms with Crippen molar-refractivity contribution in [3.8, 4) is 0 Å². The van der Waals surface area contributed by atoms with Crippen molar-refractivity contribution in [2.75, 3.05) is 25.6 Å². The lowest BCUT2D eigenvalue weighted by Crippen LogP contribution is -2.40. The third kappa shape index (κ3) is 3.85. The van der Waals surface area contributed by atoms with Gasteiger partial charge in [0, 0.05) is 23.9 Å². The summed E-state index contributed by atoms with van der Waals surface area (Å²) in [6, 6.07) is 6.97. The summed E-state index contributed by atoms with van der Waals surface area (Å²) in [5.41, 5.74) is 0.867. The lowest BCUT2D eigenvalue weighted by molar-refractivity contribution is -0.143. The van der Waals surface area contributed by atoms with Crippen LogP contribution in [-0.2, 0) is 14.3 Å². The number of halogens is 1. The fourth-order valence-corrected chi connectivity index (χ4v) is 2.40. The fraction of sp³-hybridized carbons (Fsp3) is 0.500. The molecule has 19 heavy (non-hydrogen) atoms. The Morgan fingerprint density at radius 2 is 2.00 bits per heavy atom. The molecule has 0 saturated carbocycles. The van der Waals surface area contributed by atoms with Gasteiger partial charge in [0.15, 0.2) is 0 Å². The Hall–Kier alpha value is -1.26. The van der Waals surface area contributed by atoms with Crippen molar-refractivity contribution in [2.24, 2.45) is 5.92 Å². The van der Waals surface area contributed by atoms with E-state index in [0.717, 1.165) is 18.5 Å². The van der Waals surface area contributed by atoms with E-state index in [2.05, 4.69) is 5.32 Å². The van der Waals surface area contributed by atoms with Gasteiger partial charge >= 0.3 is 5.97 Å². The second-order valence-electron chi connectivity index (χ2n) is 4.60. The molecule has 0 aromatic heterocycles. The number of nitrogens with one attached hydrogen (secondary N) is 1. The number of carbonyl (C=O) groups is 1. The average Bonchev–Trinajstić information content (AvgIpc) is 2.47. The molecule has 1 N–H and O–H groups in total. The molecule has 1 aliphatic heterocycles. The van der Waals surface area contributed by atoms with E-state index in [9.17, 15) is 4.79 Å². The van der Waals surface area contributed by atoms with Crippen LogP contribution in [0.15, 0.2) is 24.3 Å². The molecule has 1 atom stereocenters. The Morgan fingerprint density at radius 1 is 1.37 bits per heavy atom. The van der Waals surface area contributed by atoms with Gasteiger partial charge in [0.1, 0.15) is 6.04 Å². The van der Waals surface area contributed by atoms with Crippen molar-refractivity contribution >= 4 is 23.3 Å². The predicted molar refractivity (Wildman–Crippen MR) is 74.4 cm³/mol. The smallest absolute Gasteiger partial charge is 0.328 e. The number of rotatable bonds is 4. The number of ether oxygens (including phenoxy) is 2. The Morgan fingerprint density at radius 3 is 2.58 bits per heavy atom. The molecule has 0 spiro atoms. The first-order chi connectivity index (χ1) is 9.20. The molecule has 1 heterocycles. The summed E-state index contributed by atoms with van der Waals surface area (Å²) < 4.78 is 10.2. The second-order valence-corrected chi connectivity index (χ2v) is 5.04. The van der Waals surface area contributed by atoms with Crippen molar-refractivity contribution in [3.05, 3.63) is 29.3 Å². The molecule has 104 valence electrons. The third-order valence-electron chi connectivity index (χ3n) is 3.36. The fourth-order valence-electron chi connectivity index (χ4n) is 2.27. The van der Waals surface area contributed by atoms with Gasteiger partial charge in [-0.25, -0.2) is 4.79 Å². The first-order valence-corrected chi connectivity index (χ1v) is 6.76. The molecule has 1 unspecified atom stereocenters. The van der Waals surface area contributed by atoms with Crippen LogP contribution in [0.4, 0.5) is 5.69 Å². The van der Waals surface area contributed by atoms with Gasteiger partial charge in [0.2, 0.25) is 0 Å². The highest BCUT2D eigenvalue weighted by molar-refractivity contribution is 6.30. The Bertz CT molecular complexity index is 415. The van der Waals surface area contributed by atoms with Crippen LogP contribution < -0.4 is 5.32 Å². The highest BCUT2D eigenvalue weighted by Crippen LogP contribution is 2.23. The van der Waals surface area contributed by atoms with Crippen LogP contribution in [0.2, 0.25) is 5.02 Å². The van der Waals surface area contributed by atoms with E-state index in [1.165, 1.54) is 7.11 Å². The number of carbonyl (C=O) groups excluding carboxylic acids is 1. The molecule has 5 heteroatoms. The normalized spacial score (nSPS) is 17.8. The van der Waals surface area contributed by atoms with E-state index in [-0.39, 0.29) is 17.9 Å². The molecule has 1 saturated heterocycles. The topological polar surface area (TPSA) is 47.6 Å². The predicted octanol–water partition coefficient (Wildman–Crippen LogP) is 2.72. The van der Waals surface area contributed by atoms with Gasteiger partial charge in [-0.3, -0.25) is 0 Å². The first-order valence-electron chi connectivity index (χ1n) is 6.38. The Balaban J connectivity index is 2.08. The standard InChI is InChI=1S/C14H18ClNO3/c1-18-14(17)13(10-6-8-19-9-7-10)16-12-4-2-11(15)3-5-12/h2-5,10,13,16H,6-9H2,1H3. The van der Waals surface area contributed by atoms with Crippen molar-refractivity contribution in [2.45, 2.75) is 18.9 Å². The van der Waals surface area contributed by atoms with E-state index in [1.54, 1.807) is 12.1 Å². The van der Waals surface area contributed by atoms with Gasteiger partial charge in [-0.1, -0.05) is 11.6 Å². The number of methoxy groups -OCH3 is 1. The summed E-state index contributed by atoms with van der Waals surface area (Å²) in [7, 11) is 1.41. The van der Waals surface area contributed by atoms with Crippen molar-refractivity contribution in [1.29, 1.82) is 0 Å². The number of hydrogen-bond acceptors (Lipinski definition) is 4. The van der Waals surface area contributed by atoms with Gasteiger partial charge in [-0.05, 0) is 43.0 Å². The quantitative estimate of drug-likeness (QED) is 0.863. The van der Waals surface area contributed by atoms with Crippen LogP contribution in [0.3, 0.4) is 0 Å². The summed E-state index contributed by atoms with van der Waals surface area (Å²) in [5, 5.41) is 3.91. The molecule has 0 aliphatic carbocycles. The summed E-state index contributed by atoms with van der Waals surface area (Å²) in [5.74, 6) is -0.00118. The molecule has 0 radical (unpaired) electrons. The molecule has 0 bridgehead atoms. The Labute approximate surface area is 118 Å². The van der Waals surface area contributed by atoms with E-state index in [4.69, 9.17) is 21.1 Å². The van der Waals surface area contributed by atoms with Crippen molar-refractivity contribution in [1.82, 2.24) is 0 Å². The van der Waals surface area contributed by atoms with E-state index >= 15 is 0 Å². The molecular formula is C14H18ClNO3. The highest BCUT2D eigenvalue weighted by Gasteiger charge is 2.30. The van der Waals surface area contributed by atoms with Crippen molar-refractivity contribution in [3.63, 3.8) is 0 Å². The largest absolute Gasteiger partial charge is 0.467 e. The maximum atomic E-state index is 11.9. The SMILES string of the molecule is COC(=O)C(Nc1ccc(Cl)cc1)C1CCOCC1. The van der Waals surface area contributed by atoms with Crippen LogP contribution >= 0.6 is 11.6 Å². The van der Waals surface area contributed by atoms with Gasteiger partial charge in [-0.15, -0.1) is 0 Å². The van der Waals surface area contributed by atoms with Crippen LogP contribution in [0, 0.1) is 5.92 Å². The number of benzene rings is 1. The summed E-state index contributed by atoms with van der Waals surface area (Å²) in [6.07, 6.45) is 1.72. The number of esters is 1. The zero-order valence-corrected chi connectivity index (χ0v) is 11.7. The van der Waals surface area contributed by atoms with E-state index in [1.807, 2.05) is 12.1 Å². The average molecular weight is 284 g/mol. The number of hydrogen-bond donors (Lipinski definition) is 1. The molecule has 1 fully saturated rings. The maximum Gasteiger partial charge on any atom is 0.328 e. The summed E-state index contributed by atoms with van der Waals surface area (Å²) in [6.45, 7) is 1.39. The molecule has 1 aliphatic rings. The van der Waals surface area contributed by atoms with Gasteiger partial charge in [0.25, 0.3) is 0 Å². The first kappa shape index (κ1) is 14.2. The highest BCUT2D eigenvalue weighted by atomic mass is 35.5. The zero-order valence-electron chi connectivity index (χ0n) is 10.9. The molecular weight excluding hydrogens is 266 g/mol. The lowest BCUT2D eigenvalue weighted by atomic mass is 9.91. The van der Waals surface area contributed by atoms with Crippen LogP contribution in [0.25, 0.3) is 0 Å². The van der Waals surface area contributed by atoms with Crippen LogP contribution in [0.5, 0.6) is 0 Å². The summed E-state index contributed by atoms with van der Waals surface area (Å²) >= 11 is 5.85. The lowest BCUT2D eigenvalue weighted by Gasteiger charge is -2.29. The van der Waals surface area contributed by atoms with E-state index in [0.29, 0.717) is 18.2 Å². The second kappa shape index (κ2) is 6.78. The van der Waals surface area contributed by atoms with Gasteiger partial charge < -0.3 is 14.8 Å². The van der Waals surface area contributed by atoms with Gasteiger partial charge in [-0.2, -0.15) is 0 Å². The molecule has 4 nitrogen and oxygen atoms in total. The maximum absolute atomic E-state index is 11.9. The minimum atomic E-state index is -0.338. The van der Waals surface area contributed by atoms with Gasteiger partial charge in [0.05, 0.1) is 7.11 Å². The van der Waals surface area contributed by atoms with Crippen LogP contribution in [0.1, 0.15) is 12.8 Å². The third-order valence-corrected chi connectivity index (χ3v) is 3.61. The molecule has 0 amide bonds. The zero-order chi connectivity index (χ0) is 13.7. The van der Waals surface area contributed by atoms with Crippen LogP contribution in [-0.4, -0.2) is 32.3 Å². The molecule has 1 aromatic rings. The monoisotopic (exact) mass is 283 g/mol. The minimum Gasteiger partial charge on any atom is -0.467 e. The molecule has 2 rings (SSSR count). The van der Waals surface area contributed by atoms with Crippen molar-refractivity contribution < 1.29 is 14.3 Å². The Kier molecular flexibility index (Phi) is 5.05. The summed E-state index contributed by atoms with van der Waals surface area (Å²) in [4.78, 5) is 11.9. The number of anilines is 1. The van der Waals surface area contributed by atoms with E-state index < -0.39 is 0 Å².